The van der Waals surface area contributed by atoms with E-state index in [-0.39, 0.29) is 0 Å². The van der Waals surface area contributed by atoms with Crippen molar-refractivity contribution in [2.45, 2.75) is 17.4 Å². The summed E-state index contributed by atoms with van der Waals surface area (Å²) in [5.41, 5.74) is 1.36. The lowest BCUT2D eigenvalue weighted by Crippen LogP contribution is -2.18. The molecule has 1 atom stereocenters. The summed E-state index contributed by atoms with van der Waals surface area (Å²) in [5, 5.41) is 5.53. The van der Waals surface area contributed by atoms with Gasteiger partial charge in [0.2, 0.25) is 0 Å². The summed E-state index contributed by atoms with van der Waals surface area (Å²) >= 11 is 3.61. The first-order valence-corrected chi connectivity index (χ1v) is 7.77. The van der Waals surface area contributed by atoms with Crippen molar-refractivity contribution in [3.05, 3.63) is 52.2 Å². The molecule has 0 saturated carbocycles. The van der Waals surface area contributed by atoms with Crippen molar-refractivity contribution in [2.75, 3.05) is 13.3 Å². The van der Waals surface area contributed by atoms with Gasteiger partial charge in [-0.15, -0.1) is 23.1 Å². The molecule has 1 N–H and O–H groups in total. The smallest absolute Gasteiger partial charge is 0.0366 e. The maximum atomic E-state index is 3.39. The molecular formula is C14H17NS2. The second kappa shape index (κ2) is 6.24. The van der Waals surface area contributed by atoms with Crippen LogP contribution in [0.1, 0.15) is 16.5 Å². The number of hydrogen-bond acceptors (Lipinski definition) is 3. The third-order valence-electron chi connectivity index (χ3n) is 2.85. The number of nitrogens with one attached hydrogen (secondary N) is 1. The van der Waals surface area contributed by atoms with Gasteiger partial charge >= 0.3 is 0 Å². The van der Waals surface area contributed by atoms with Gasteiger partial charge in [-0.3, -0.25) is 0 Å². The molecule has 1 aromatic carbocycles. The van der Waals surface area contributed by atoms with E-state index in [1.165, 1.54) is 15.3 Å². The highest BCUT2D eigenvalue weighted by molar-refractivity contribution is 7.98. The maximum Gasteiger partial charge on any atom is 0.0366 e. The van der Waals surface area contributed by atoms with Crippen LogP contribution in [0.5, 0.6) is 0 Å². The van der Waals surface area contributed by atoms with Crippen molar-refractivity contribution in [3.63, 3.8) is 0 Å². The van der Waals surface area contributed by atoms with Crippen molar-refractivity contribution in [2.24, 2.45) is 0 Å². The Morgan fingerprint density at radius 3 is 2.53 bits per heavy atom. The third-order valence-corrected chi connectivity index (χ3v) is 4.49. The Kier molecular flexibility index (Phi) is 4.66. The number of hydrogen-bond donors (Lipinski definition) is 1. The van der Waals surface area contributed by atoms with E-state index in [1.807, 2.05) is 18.4 Å². The molecule has 0 aliphatic rings. The summed E-state index contributed by atoms with van der Waals surface area (Å²) < 4.78 is 0. The third kappa shape index (κ3) is 3.35. The fraction of sp³-hybridized carbons (Fsp3) is 0.286. The first-order chi connectivity index (χ1) is 8.33. The highest BCUT2D eigenvalue weighted by atomic mass is 32.2. The van der Waals surface area contributed by atoms with Gasteiger partial charge in [0.05, 0.1) is 0 Å². The van der Waals surface area contributed by atoms with Gasteiger partial charge in [0, 0.05) is 22.2 Å². The SMILES string of the molecule is CNC(Cc1cccs1)c1ccc(SC)cc1. The number of thioether (sulfide) groups is 1. The van der Waals surface area contributed by atoms with Crippen LogP contribution >= 0.6 is 23.1 Å². The lowest BCUT2D eigenvalue weighted by Gasteiger charge is -2.16. The molecule has 1 unspecified atom stereocenters. The molecule has 0 fully saturated rings. The largest absolute Gasteiger partial charge is 0.313 e. The monoisotopic (exact) mass is 263 g/mol. The van der Waals surface area contributed by atoms with Crippen LogP contribution in [-0.4, -0.2) is 13.3 Å². The molecule has 90 valence electrons. The van der Waals surface area contributed by atoms with Crippen molar-refractivity contribution in [3.8, 4) is 0 Å². The average Bonchev–Trinajstić information content (AvgIpc) is 2.89. The molecule has 1 aromatic heterocycles. The predicted molar refractivity (Wildman–Crippen MR) is 78.0 cm³/mol. The summed E-state index contributed by atoms with van der Waals surface area (Å²) in [6, 6.07) is 13.6. The molecule has 17 heavy (non-hydrogen) atoms. The first-order valence-electron chi connectivity index (χ1n) is 5.67. The van der Waals surface area contributed by atoms with E-state index < -0.39 is 0 Å². The normalized spacial score (nSPS) is 12.6. The minimum absolute atomic E-state index is 0.407. The number of benzene rings is 1. The Morgan fingerprint density at radius 2 is 2.00 bits per heavy atom. The topological polar surface area (TPSA) is 12.0 Å². The molecular weight excluding hydrogens is 246 g/mol. The minimum Gasteiger partial charge on any atom is -0.313 e. The van der Waals surface area contributed by atoms with E-state index >= 15 is 0 Å². The standard InChI is InChI=1S/C14H17NS2/c1-15-14(10-13-4-3-9-17-13)11-5-7-12(16-2)8-6-11/h3-9,14-15H,10H2,1-2H3. The van der Waals surface area contributed by atoms with E-state index in [4.69, 9.17) is 0 Å². The quantitative estimate of drug-likeness (QED) is 0.819. The lowest BCUT2D eigenvalue weighted by molar-refractivity contribution is 0.596. The summed E-state index contributed by atoms with van der Waals surface area (Å²) in [7, 11) is 2.03. The molecule has 0 spiro atoms. The Bertz CT molecular complexity index is 434. The van der Waals surface area contributed by atoms with Crippen molar-refractivity contribution in [1.82, 2.24) is 5.32 Å². The number of thiophene rings is 1. The van der Waals surface area contributed by atoms with Crippen molar-refractivity contribution >= 4 is 23.1 Å². The van der Waals surface area contributed by atoms with Crippen LogP contribution in [0, 0.1) is 0 Å². The predicted octanol–water partition coefficient (Wildman–Crippen LogP) is 3.97. The fourth-order valence-corrected chi connectivity index (χ4v) is 3.01. The lowest BCUT2D eigenvalue weighted by atomic mass is 10.0. The van der Waals surface area contributed by atoms with E-state index in [2.05, 4.69) is 53.4 Å². The molecule has 0 aliphatic carbocycles. The number of rotatable bonds is 5. The van der Waals surface area contributed by atoms with Gasteiger partial charge in [-0.2, -0.15) is 0 Å². The zero-order valence-corrected chi connectivity index (χ0v) is 11.8. The van der Waals surface area contributed by atoms with Gasteiger partial charge in [-0.25, -0.2) is 0 Å². The van der Waals surface area contributed by atoms with E-state index in [1.54, 1.807) is 11.8 Å². The van der Waals surface area contributed by atoms with Crippen LogP contribution < -0.4 is 5.32 Å². The zero-order chi connectivity index (χ0) is 12.1. The van der Waals surface area contributed by atoms with Crippen molar-refractivity contribution in [1.29, 1.82) is 0 Å². The summed E-state index contributed by atoms with van der Waals surface area (Å²) in [6.07, 6.45) is 3.17. The first kappa shape index (κ1) is 12.7. The minimum atomic E-state index is 0.407. The molecule has 1 heterocycles. The van der Waals surface area contributed by atoms with Gasteiger partial charge in [-0.1, -0.05) is 18.2 Å². The summed E-state index contributed by atoms with van der Waals surface area (Å²) in [5.74, 6) is 0. The molecule has 0 amide bonds. The number of likely N-dealkylation sites (N-methyl/N-ethyl adjacent to an activating group) is 1. The fourth-order valence-electron chi connectivity index (χ4n) is 1.85. The molecule has 0 bridgehead atoms. The van der Waals surface area contributed by atoms with Crippen LogP contribution in [0.4, 0.5) is 0 Å². The van der Waals surface area contributed by atoms with Crippen LogP contribution in [0.25, 0.3) is 0 Å². The zero-order valence-electron chi connectivity index (χ0n) is 10.1. The second-order valence-electron chi connectivity index (χ2n) is 3.90. The Balaban J connectivity index is 2.11. The summed E-state index contributed by atoms with van der Waals surface area (Å²) in [4.78, 5) is 2.75. The highest BCUT2D eigenvalue weighted by Gasteiger charge is 2.10. The molecule has 1 nitrogen and oxygen atoms in total. The average molecular weight is 263 g/mol. The Hall–Kier alpha value is -0.770. The van der Waals surface area contributed by atoms with Crippen LogP contribution in [-0.2, 0) is 6.42 Å². The molecule has 3 heteroatoms. The van der Waals surface area contributed by atoms with Gasteiger partial charge < -0.3 is 5.32 Å². The van der Waals surface area contributed by atoms with Crippen LogP contribution in [0.15, 0.2) is 46.7 Å². The van der Waals surface area contributed by atoms with E-state index in [0.29, 0.717) is 6.04 Å². The van der Waals surface area contributed by atoms with Gasteiger partial charge in [0.1, 0.15) is 0 Å². The maximum absolute atomic E-state index is 3.39. The molecule has 0 saturated heterocycles. The van der Waals surface area contributed by atoms with Gasteiger partial charge in [0.25, 0.3) is 0 Å². The highest BCUT2D eigenvalue weighted by Crippen LogP contribution is 2.23. The summed E-state index contributed by atoms with van der Waals surface area (Å²) in [6.45, 7) is 0. The Labute approximate surface area is 111 Å². The molecule has 0 aliphatic heterocycles. The molecule has 2 rings (SSSR count). The van der Waals surface area contributed by atoms with Gasteiger partial charge in [-0.05, 0) is 42.4 Å². The molecule has 0 radical (unpaired) electrons. The van der Waals surface area contributed by atoms with Crippen LogP contribution in [0.2, 0.25) is 0 Å². The second-order valence-corrected chi connectivity index (χ2v) is 5.81. The molecule has 2 aromatic rings. The Morgan fingerprint density at radius 1 is 1.24 bits per heavy atom. The van der Waals surface area contributed by atoms with E-state index in [0.717, 1.165) is 6.42 Å². The van der Waals surface area contributed by atoms with Gasteiger partial charge in [0.15, 0.2) is 0 Å². The van der Waals surface area contributed by atoms with Crippen LogP contribution in [0.3, 0.4) is 0 Å². The van der Waals surface area contributed by atoms with Crippen molar-refractivity contribution < 1.29 is 0 Å². The van der Waals surface area contributed by atoms with E-state index in [9.17, 15) is 0 Å².